The normalized spacial score (nSPS) is 16.7. The molecule has 7 heteroatoms. The van der Waals surface area contributed by atoms with E-state index in [4.69, 9.17) is 21.7 Å². The number of methoxy groups -OCH3 is 1. The third-order valence-corrected chi connectivity index (χ3v) is 7.22. The lowest BCUT2D eigenvalue weighted by Gasteiger charge is -2.29. The number of anilines is 1. The van der Waals surface area contributed by atoms with E-state index in [1.807, 2.05) is 72.9 Å². The molecule has 2 aromatic heterocycles. The second kappa shape index (κ2) is 10.6. The van der Waals surface area contributed by atoms with Crippen molar-refractivity contribution < 1.29 is 9.47 Å². The molecule has 5 aromatic rings. The first-order chi connectivity index (χ1) is 19.1. The quantitative estimate of drug-likeness (QED) is 0.225. The standard InChI is InChI=1S/C32H28N4O2S/c1-22-8-10-23(11-9-22)35-21-5-7-29(35)31-30(28-6-3-4-20-33-28)34-32(39)36(31)24-12-14-26(15-13-24)38-27-18-16-25(37-2)17-19-27/h3-21,30-31H,1-2H3,(H,34,39)/t30-,31+/m0/s1. The maximum absolute atomic E-state index is 6.06. The number of ether oxygens (including phenoxy) is 2. The molecule has 1 aliphatic heterocycles. The van der Waals surface area contributed by atoms with Crippen LogP contribution in [0.1, 0.15) is 29.0 Å². The minimum atomic E-state index is -0.131. The van der Waals surface area contributed by atoms with Crippen LogP contribution in [0.4, 0.5) is 5.69 Å². The minimum absolute atomic E-state index is 0.128. The largest absolute Gasteiger partial charge is 0.497 e. The molecule has 1 aliphatic rings. The number of nitrogens with zero attached hydrogens (tertiary/aromatic N) is 3. The predicted molar refractivity (Wildman–Crippen MR) is 158 cm³/mol. The molecule has 6 nitrogen and oxygen atoms in total. The summed E-state index contributed by atoms with van der Waals surface area (Å²) < 4.78 is 13.5. The minimum Gasteiger partial charge on any atom is -0.497 e. The van der Waals surface area contributed by atoms with Crippen molar-refractivity contribution in [2.75, 3.05) is 12.0 Å². The van der Waals surface area contributed by atoms with Gasteiger partial charge in [0.1, 0.15) is 23.3 Å². The van der Waals surface area contributed by atoms with Crippen molar-refractivity contribution in [1.29, 1.82) is 0 Å². The highest BCUT2D eigenvalue weighted by Gasteiger charge is 2.42. The smallest absolute Gasteiger partial charge is 0.174 e. The van der Waals surface area contributed by atoms with Gasteiger partial charge in [0.25, 0.3) is 0 Å². The molecule has 3 heterocycles. The molecule has 0 radical (unpaired) electrons. The number of benzene rings is 3. The Kier molecular flexibility index (Phi) is 6.73. The molecular weight excluding hydrogens is 504 g/mol. The second-order valence-corrected chi connectivity index (χ2v) is 9.79. The van der Waals surface area contributed by atoms with Crippen LogP contribution < -0.4 is 19.7 Å². The highest BCUT2D eigenvalue weighted by molar-refractivity contribution is 7.80. The van der Waals surface area contributed by atoms with Gasteiger partial charge in [0, 0.05) is 29.5 Å². The number of nitrogens with one attached hydrogen (secondary N) is 1. The Labute approximate surface area is 233 Å². The molecule has 0 bridgehead atoms. The Morgan fingerprint density at radius 1 is 0.769 bits per heavy atom. The highest BCUT2D eigenvalue weighted by Crippen LogP contribution is 2.42. The van der Waals surface area contributed by atoms with Gasteiger partial charge in [-0.1, -0.05) is 23.8 Å². The number of thiocarbonyl (C=S) groups is 1. The summed E-state index contributed by atoms with van der Waals surface area (Å²) in [5.74, 6) is 2.27. The van der Waals surface area contributed by atoms with Crippen molar-refractivity contribution in [3.63, 3.8) is 0 Å². The van der Waals surface area contributed by atoms with Gasteiger partial charge >= 0.3 is 0 Å². The van der Waals surface area contributed by atoms with Crippen LogP contribution in [-0.4, -0.2) is 21.8 Å². The molecule has 39 heavy (non-hydrogen) atoms. The van der Waals surface area contributed by atoms with E-state index in [1.54, 1.807) is 7.11 Å². The molecule has 0 spiro atoms. The second-order valence-electron chi connectivity index (χ2n) is 9.41. The van der Waals surface area contributed by atoms with E-state index in [1.165, 1.54) is 5.56 Å². The monoisotopic (exact) mass is 532 g/mol. The van der Waals surface area contributed by atoms with Crippen LogP contribution in [0.3, 0.4) is 0 Å². The molecule has 6 rings (SSSR count). The van der Waals surface area contributed by atoms with Crippen molar-refractivity contribution in [3.05, 3.63) is 132 Å². The third-order valence-electron chi connectivity index (χ3n) is 6.90. The van der Waals surface area contributed by atoms with Crippen LogP contribution in [0.25, 0.3) is 5.69 Å². The summed E-state index contributed by atoms with van der Waals surface area (Å²) in [7, 11) is 1.65. The SMILES string of the molecule is COc1ccc(Oc2ccc(N3C(=S)N[C@@H](c4ccccn4)[C@H]3c3cccn3-c3ccc(C)cc3)cc2)cc1. The average molecular weight is 533 g/mol. The van der Waals surface area contributed by atoms with Gasteiger partial charge in [-0.15, -0.1) is 0 Å². The summed E-state index contributed by atoms with van der Waals surface area (Å²) in [5, 5.41) is 4.20. The number of aromatic nitrogens is 2. The Morgan fingerprint density at radius 3 is 2.10 bits per heavy atom. The van der Waals surface area contributed by atoms with E-state index in [-0.39, 0.29) is 12.1 Å². The highest BCUT2D eigenvalue weighted by atomic mass is 32.1. The maximum Gasteiger partial charge on any atom is 0.174 e. The summed E-state index contributed by atoms with van der Waals surface area (Å²) >= 11 is 5.92. The fourth-order valence-corrected chi connectivity index (χ4v) is 5.31. The molecule has 3 aromatic carbocycles. The first-order valence-corrected chi connectivity index (χ1v) is 13.2. The number of pyridine rings is 1. The van der Waals surface area contributed by atoms with Crippen LogP contribution in [0.5, 0.6) is 17.2 Å². The Hall–Kier alpha value is -4.62. The van der Waals surface area contributed by atoms with Crippen molar-refractivity contribution in [1.82, 2.24) is 14.9 Å². The van der Waals surface area contributed by atoms with E-state index in [0.29, 0.717) is 5.11 Å². The van der Waals surface area contributed by atoms with Gasteiger partial charge in [0.15, 0.2) is 5.11 Å². The van der Waals surface area contributed by atoms with Crippen LogP contribution in [-0.2, 0) is 0 Å². The van der Waals surface area contributed by atoms with Gasteiger partial charge < -0.3 is 24.3 Å². The van der Waals surface area contributed by atoms with Crippen molar-refractivity contribution in [3.8, 4) is 22.9 Å². The summed E-state index contributed by atoms with van der Waals surface area (Å²) in [6, 6.07) is 34.1. The van der Waals surface area contributed by atoms with Gasteiger partial charge in [-0.2, -0.15) is 0 Å². The zero-order valence-corrected chi connectivity index (χ0v) is 22.5. The fourth-order valence-electron chi connectivity index (χ4n) is 4.96. The lowest BCUT2D eigenvalue weighted by Crippen LogP contribution is -2.30. The van der Waals surface area contributed by atoms with E-state index >= 15 is 0 Å². The Morgan fingerprint density at radius 2 is 1.44 bits per heavy atom. The number of rotatable bonds is 7. The molecular formula is C32H28N4O2S. The first-order valence-electron chi connectivity index (χ1n) is 12.8. The third kappa shape index (κ3) is 4.96. The first kappa shape index (κ1) is 24.7. The molecule has 1 N–H and O–H groups in total. The molecule has 2 atom stereocenters. The van der Waals surface area contributed by atoms with Gasteiger partial charge in [-0.25, -0.2) is 0 Å². The van der Waals surface area contributed by atoms with Crippen molar-refractivity contribution in [2.24, 2.45) is 0 Å². The molecule has 194 valence electrons. The van der Waals surface area contributed by atoms with Gasteiger partial charge in [-0.3, -0.25) is 4.98 Å². The summed E-state index contributed by atoms with van der Waals surface area (Å²) in [6.45, 7) is 2.10. The Bertz CT molecular complexity index is 1570. The van der Waals surface area contributed by atoms with Gasteiger partial charge in [0.2, 0.25) is 0 Å². The molecule has 0 amide bonds. The van der Waals surface area contributed by atoms with Crippen LogP contribution in [0.15, 0.2) is 116 Å². The molecule has 0 saturated carbocycles. The lowest BCUT2D eigenvalue weighted by molar-refractivity contribution is 0.413. The molecule has 1 fully saturated rings. The van der Waals surface area contributed by atoms with E-state index in [2.05, 4.69) is 69.3 Å². The average Bonchev–Trinajstić information content (AvgIpc) is 3.59. The lowest BCUT2D eigenvalue weighted by atomic mass is 10.0. The van der Waals surface area contributed by atoms with Crippen molar-refractivity contribution in [2.45, 2.75) is 19.0 Å². The van der Waals surface area contributed by atoms with Crippen LogP contribution >= 0.6 is 12.2 Å². The zero-order chi connectivity index (χ0) is 26.8. The van der Waals surface area contributed by atoms with Crippen LogP contribution in [0.2, 0.25) is 0 Å². The van der Waals surface area contributed by atoms with E-state index in [9.17, 15) is 0 Å². The fraction of sp³-hybridized carbons (Fsp3) is 0.125. The molecule has 0 unspecified atom stereocenters. The van der Waals surface area contributed by atoms with Crippen LogP contribution in [0, 0.1) is 6.92 Å². The predicted octanol–water partition coefficient (Wildman–Crippen LogP) is 7.16. The van der Waals surface area contributed by atoms with Gasteiger partial charge in [0.05, 0.1) is 18.8 Å². The topological polar surface area (TPSA) is 51.6 Å². The maximum atomic E-state index is 6.06. The van der Waals surface area contributed by atoms with E-state index < -0.39 is 0 Å². The summed E-state index contributed by atoms with van der Waals surface area (Å²) in [6.07, 6.45) is 3.92. The Balaban J connectivity index is 1.36. The summed E-state index contributed by atoms with van der Waals surface area (Å²) in [4.78, 5) is 6.86. The number of hydrogen-bond acceptors (Lipinski definition) is 4. The van der Waals surface area contributed by atoms with Gasteiger partial charge in [-0.05, 0) is 104 Å². The van der Waals surface area contributed by atoms with E-state index in [0.717, 1.165) is 40.0 Å². The summed E-state index contributed by atoms with van der Waals surface area (Å²) in [5.41, 5.74) is 5.33. The molecule has 0 aliphatic carbocycles. The van der Waals surface area contributed by atoms with Crippen molar-refractivity contribution >= 4 is 23.0 Å². The zero-order valence-electron chi connectivity index (χ0n) is 21.7. The number of hydrogen-bond donors (Lipinski definition) is 1. The number of aryl methyl sites for hydroxylation is 1. The molecule has 1 saturated heterocycles.